The molecule has 4 N–H and O–H groups in total. The lowest BCUT2D eigenvalue weighted by molar-refractivity contribution is -0.125. The SMILES string of the molecule is CC(CN)(NC(=O)c1ccc(CN2C(=O)CNC2=O)cc1)C1CC1. The van der Waals surface area contributed by atoms with Gasteiger partial charge in [0, 0.05) is 12.1 Å². The number of imide groups is 1. The first kappa shape index (κ1) is 16.4. The minimum absolute atomic E-state index is 0.0398. The van der Waals surface area contributed by atoms with Crippen molar-refractivity contribution in [2.24, 2.45) is 11.7 Å². The van der Waals surface area contributed by atoms with Gasteiger partial charge in [-0.1, -0.05) is 12.1 Å². The predicted octanol–water partition coefficient (Wildman–Crippen LogP) is 0.596. The Kier molecular flexibility index (Phi) is 4.28. The number of nitrogens with zero attached hydrogens (tertiary/aromatic N) is 1. The topological polar surface area (TPSA) is 105 Å². The maximum Gasteiger partial charge on any atom is 0.324 e. The van der Waals surface area contributed by atoms with E-state index in [1.807, 2.05) is 6.92 Å². The molecule has 1 atom stereocenters. The van der Waals surface area contributed by atoms with Crippen molar-refractivity contribution in [2.75, 3.05) is 13.1 Å². The van der Waals surface area contributed by atoms with E-state index in [0.29, 0.717) is 18.0 Å². The fourth-order valence-corrected chi connectivity index (χ4v) is 2.93. The number of carbonyl (C=O) groups excluding carboxylic acids is 3. The molecular weight excluding hydrogens is 308 g/mol. The second kappa shape index (κ2) is 6.24. The highest BCUT2D eigenvalue weighted by atomic mass is 16.2. The van der Waals surface area contributed by atoms with Crippen LogP contribution in [-0.2, 0) is 11.3 Å². The second-order valence-electron chi connectivity index (χ2n) is 6.69. The van der Waals surface area contributed by atoms with Crippen molar-refractivity contribution in [1.29, 1.82) is 0 Å². The van der Waals surface area contributed by atoms with Crippen LogP contribution in [0.5, 0.6) is 0 Å². The zero-order valence-corrected chi connectivity index (χ0v) is 13.7. The molecular formula is C17H22N4O3. The highest BCUT2D eigenvalue weighted by molar-refractivity contribution is 6.01. The number of rotatable bonds is 6. The van der Waals surface area contributed by atoms with E-state index >= 15 is 0 Å². The number of urea groups is 1. The molecule has 1 aromatic carbocycles. The number of nitrogens with one attached hydrogen (secondary N) is 2. The van der Waals surface area contributed by atoms with Gasteiger partial charge in [0.25, 0.3) is 5.91 Å². The summed E-state index contributed by atoms with van der Waals surface area (Å²) in [4.78, 5) is 36.7. The maximum atomic E-state index is 12.4. The molecule has 0 aromatic heterocycles. The van der Waals surface area contributed by atoms with Gasteiger partial charge in [0.15, 0.2) is 0 Å². The zero-order valence-electron chi connectivity index (χ0n) is 13.7. The largest absolute Gasteiger partial charge is 0.345 e. The molecule has 128 valence electrons. The lowest BCUT2D eigenvalue weighted by Gasteiger charge is -2.29. The maximum absolute atomic E-state index is 12.4. The predicted molar refractivity (Wildman–Crippen MR) is 88.0 cm³/mol. The van der Waals surface area contributed by atoms with Gasteiger partial charge >= 0.3 is 6.03 Å². The Labute approximate surface area is 140 Å². The van der Waals surface area contributed by atoms with Crippen LogP contribution in [0.2, 0.25) is 0 Å². The molecule has 1 heterocycles. The van der Waals surface area contributed by atoms with Gasteiger partial charge in [0.05, 0.1) is 18.6 Å². The molecule has 4 amide bonds. The Balaban J connectivity index is 1.64. The van der Waals surface area contributed by atoms with E-state index in [1.165, 1.54) is 0 Å². The van der Waals surface area contributed by atoms with Crippen LogP contribution in [0.25, 0.3) is 0 Å². The molecule has 3 rings (SSSR count). The summed E-state index contributed by atoms with van der Waals surface area (Å²) in [5, 5.41) is 5.51. The van der Waals surface area contributed by atoms with Gasteiger partial charge in [-0.2, -0.15) is 0 Å². The first-order chi connectivity index (χ1) is 11.4. The van der Waals surface area contributed by atoms with E-state index in [1.54, 1.807) is 24.3 Å². The summed E-state index contributed by atoms with van der Waals surface area (Å²) in [5.74, 6) is 0.0479. The number of nitrogens with two attached hydrogens (primary N) is 1. The van der Waals surface area contributed by atoms with Crippen LogP contribution in [0.3, 0.4) is 0 Å². The third-order valence-corrected chi connectivity index (χ3v) is 4.80. The summed E-state index contributed by atoms with van der Waals surface area (Å²) >= 11 is 0. The van der Waals surface area contributed by atoms with E-state index in [2.05, 4.69) is 10.6 Å². The lowest BCUT2D eigenvalue weighted by Crippen LogP contribution is -2.53. The van der Waals surface area contributed by atoms with Gasteiger partial charge in [-0.25, -0.2) is 4.79 Å². The fourth-order valence-electron chi connectivity index (χ4n) is 2.93. The first-order valence-electron chi connectivity index (χ1n) is 8.12. The average molecular weight is 330 g/mol. The molecule has 1 saturated carbocycles. The molecule has 2 aliphatic rings. The van der Waals surface area contributed by atoms with Crippen molar-refractivity contribution in [3.8, 4) is 0 Å². The van der Waals surface area contributed by atoms with Crippen LogP contribution >= 0.6 is 0 Å². The standard InChI is InChI=1S/C17H22N4O3/c1-17(10-18,13-6-7-13)20-15(23)12-4-2-11(3-5-12)9-21-14(22)8-19-16(21)24/h2-5,13H,6-10,18H2,1H3,(H,19,24)(H,20,23). The summed E-state index contributed by atoms with van der Waals surface area (Å²) in [5.41, 5.74) is 6.79. The molecule has 1 saturated heterocycles. The third kappa shape index (κ3) is 3.26. The van der Waals surface area contributed by atoms with E-state index in [9.17, 15) is 14.4 Å². The highest BCUT2D eigenvalue weighted by Gasteiger charge is 2.41. The van der Waals surface area contributed by atoms with Crippen molar-refractivity contribution < 1.29 is 14.4 Å². The Bertz CT molecular complexity index is 653. The Morgan fingerprint density at radius 2 is 2.00 bits per heavy atom. The number of hydrogen-bond acceptors (Lipinski definition) is 4. The summed E-state index contributed by atoms with van der Waals surface area (Å²) in [6.07, 6.45) is 2.19. The van der Waals surface area contributed by atoms with Crippen molar-refractivity contribution in [2.45, 2.75) is 31.8 Å². The van der Waals surface area contributed by atoms with Crippen molar-refractivity contribution in [3.63, 3.8) is 0 Å². The van der Waals surface area contributed by atoms with Gasteiger partial charge in [0.1, 0.15) is 0 Å². The number of benzene rings is 1. The minimum Gasteiger partial charge on any atom is -0.345 e. The molecule has 0 bridgehead atoms. The van der Waals surface area contributed by atoms with Crippen LogP contribution < -0.4 is 16.4 Å². The second-order valence-corrected chi connectivity index (χ2v) is 6.69. The number of carbonyl (C=O) groups is 3. The molecule has 0 spiro atoms. The highest BCUT2D eigenvalue weighted by Crippen LogP contribution is 2.39. The van der Waals surface area contributed by atoms with Crippen molar-refractivity contribution in [3.05, 3.63) is 35.4 Å². The molecule has 2 fully saturated rings. The number of hydrogen-bond donors (Lipinski definition) is 3. The normalized spacial score (nSPS) is 19.8. The quantitative estimate of drug-likeness (QED) is 0.664. The van der Waals surface area contributed by atoms with Gasteiger partial charge in [-0.15, -0.1) is 0 Å². The molecule has 1 aliphatic carbocycles. The van der Waals surface area contributed by atoms with Gasteiger partial charge in [-0.3, -0.25) is 14.5 Å². The van der Waals surface area contributed by atoms with E-state index in [0.717, 1.165) is 23.3 Å². The van der Waals surface area contributed by atoms with Crippen LogP contribution in [-0.4, -0.2) is 41.4 Å². The molecule has 1 aromatic rings. The number of amides is 4. The van der Waals surface area contributed by atoms with Crippen molar-refractivity contribution in [1.82, 2.24) is 15.5 Å². The Morgan fingerprint density at radius 1 is 1.33 bits per heavy atom. The van der Waals surface area contributed by atoms with Crippen LogP contribution in [0.4, 0.5) is 4.79 Å². The average Bonchev–Trinajstić information content (AvgIpc) is 3.39. The molecule has 7 nitrogen and oxygen atoms in total. The van der Waals surface area contributed by atoms with Crippen LogP contribution in [0.15, 0.2) is 24.3 Å². The molecule has 7 heteroatoms. The summed E-state index contributed by atoms with van der Waals surface area (Å²) in [6.45, 7) is 2.63. The van der Waals surface area contributed by atoms with E-state index in [4.69, 9.17) is 5.73 Å². The van der Waals surface area contributed by atoms with Gasteiger partial charge < -0.3 is 16.4 Å². The zero-order chi connectivity index (χ0) is 17.3. The van der Waals surface area contributed by atoms with Gasteiger partial charge in [-0.05, 0) is 43.4 Å². The van der Waals surface area contributed by atoms with E-state index < -0.39 is 0 Å². The Hall–Kier alpha value is -2.41. The molecule has 0 radical (unpaired) electrons. The smallest absolute Gasteiger partial charge is 0.324 e. The first-order valence-corrected chi connectivity index (χ1v) is 8.12. The third-order valence-electron chi connectivity index (χ3n) is 4.80. The monoisotopic (exact) mass is 330 g/mol. The van der Waals surface area contributed by atoms with Gasteiger partial charge in [0.2, 0.25) is 5.91 Å². The molecule has 1 aliphatic heterocycles. The van der Waals surface area contributed by atoms with Crippen LogP contribution in [0, 0.1) is 5.92 Å². The molecule has 1 unspecified atom stereocenters. The summed E-state index contributed by atoms with van der Waals surface area (Å²) < 4.78 is 0. The molecule has 24 heavy (non-hydrogen) atoms. The van der Waals surface area contributed by atoms with Crippen molar-refractivity contribution >= 4 is 17.8 Å². The van der Waals surface area contributed by atoms with Crippen LogP contribution in [0.1, 0.15) is 35.7 Å². The summed E-state index contributed by atoms with van der Waals surface area (Å²) in [7, 11) is 0. The summed E-state index contributed by atoms with van der Waals surface area (Å²) in [6, 6.07) is 6.53. The van der Waals surface area contributed by atoms with E-state index in [-0.39, 0.29) is 36.5 Å². The lowest BCUT2D eigenvalue weighted by atomic mass is 9.95. The minimum atomic E-state index is -0.384. The fraction of sp³-hybridized carbons (Fsp3) is 0.471. The Morgan fingerprint density at radius 3 is 2.50 bits per heavy atom.